The summed E-state index contributed by atoms with van der Waals surface area (Å²) in [7, 11) is 0. The Morgan fingerprint density at radius 2 is 1.88 bits per heavy atom. The quantitative estimate of drug-likeness (QED) is 0.778. The number of aromatic nitrogens is 2. The van der Waals surface area contributed by atoms with Crippen molar-refractivity contribution < 1.29 is 0 Å². The van der Waals surface area contributed by atoms with Gasteiger partial charge < -0.3 is 10.2 Å². The normalized spacial score (nSPS) is 15.3. The van der Waals surface area contributed by atoms with Crippen LogP contribution in [0.5, 0.6) is 0 Å². The topological polar surface area (TPSA) is 44.3 Å². The molecule has 3 rings (SSSR count). The average molecular weight is 349 g/mol. The number of nitrogens with zero attached hydrogens (tertiary/aromatic N) is 4. The third-order valence-electron chi connectivity index (χ3n) is 4.41. The third kappa shape index (κ3) is 5.17. The van der Waals surface area contributed by atoms with Crippen molar-refractivity contribution in [2.75, 3.05) is 49.5 Å². The lowest BCUT2D eigenvalue weighted by Crippen LogP contribution is -2.46. The molecule has 0 unspecified atom stereocenters. The highest BCUT2D eigenvalue weighted by Crippen LogP contribution is 2.17. The summed E-state index contributed by atoms with van der Waals surface area (Å²) in [6.07, 6.45) is 6.25. The fraction of sp³-hybridized carbons (Fsp3) is 0.333. The van der Waals surface area contributed by atoms with E-state index in [4.69, 9.17) is 0 Å². The maximum atomic E-state index is 4.65. The number of benzene rings is 1. The molecule has 1 aromatic carbocycles. The summed E-state index contributed by atoms with van der Waals surface area (Å²) in [6, 6.07) is 12.5. The van der Waals surface area contributed by atoms with Gasteiger partial charge in [-0.05, 0) is 12.5 Å². The van der Waals surface area contributed by atoms with Crippen molar-refractivity contribution in [1.82, 2.24) is 14.9 Å². The maximum Gasteiger partial charge on any atom is 0.225 e. The highest BCUT2D eigenvalue weighted by atomic mass is 15.3. The van der Waals surface area contributed by atoms with Gasteiger partial charge in [0, 0.05) is 51.0 Å². The molecule has 0 amide bonds. The molecule has 0 aliphatic carbocycles. The summed E-state index contributed by atoms with van der Waals surface area (Å²) in [5.74, 6) is 1.68. The number of piperazine rings is 1. The van der Waals surface area contributed by atoms with E-state index in [1.165, 1.54) is 5.56 Å². The number of hydrogen-bond acceptors (Lipinski definition) is 5. The smallest absolute Gasteiger partial charge is 0.225 e. The Bertz CT molecular complexity index is 733. The van der Waals surface area contributed by atoms with Gasteiger partial charge in [-0.15, -0.1) is 6.58 Å². The Kier molecular flexibility index (Phi) is 6.39. The summed E-state index contributed by atoms with van der Waals surface area (Å²) in [6.45, 7) is 11.4. The van der Waals surface area contributed by atoms with Crippen molar-refractivity contribution in [2.24, 2.45) is 0 Å². The van der Waals surface area contributed by atoms with Gasteiger partial charge in [-0.1, -0.05) is 48.6 Å². The molecule has 0 radical (unpaired) electrons. The molecule has 1 aliphatic rings. The molecule has 0 bridgehead atoms. The summed E-state index contributed by atoms with van der Waals surface area (Å²) in [5, 5.41) is 3.18. The largest absolute Gasteiger partial charge is 0.354 e. The van der Waals surface area contributed by atoms with Crippen molar-refractivity contribution in [1.29, 1.82) is 0 Å². The number of hydrogen-bond donors (Lipinski definition) is 1. The highest BCUT2D eigenvalue weighted by molar-refractivity contribution is 5.49. The lowest BCUT2D eigenvalue weighted by molar-refractivity contribution is 0.283. The van der Waals surface area contributed by atoms with Gasteiger partial charge in [0.25, 0.3) is 0 Å². The molecule has 1 aromatic heterocycles. The van der Waals surface area contributed by atoms with Crippen LogP contribution >= 0.6 is 0 Å². The van der Waals surface area contributed by atoms with Gasteiger partial charge in [0.2, 0.25) is 5.95 Å². The van der Waals surface area contributed by atoms with Gasteiger partial charge in [-0.2, -0.15) is 4.98 Å². The van der Waals surface area contributed by atoms with Gasteiger partial charge in [0.1, 0.15) is 5.82 Å². The van der Waals surface area contributed by atoms with Crippen LogP contribution in [-0.2, 0) is 0 Å². The summed E-state index contributed by atoms with van der Waals surface area (Å²) in [4.78, 5) is 13.9. The van der Waals surface area contributed by atoms with Crippen LogP contribution in [0.3, 0.4) is 0 Å². The Balaban J connectivity index is 1.52. The minimum Gasteiger partial charge on any atom is -0.354 e. The van der Waals surface area contributed by atoms with E-state index in [0.717, 1.165) is 44.2 Å². The van der Waals surface area contributed by atoms with Gasteiger partial charge in [0.15, 0.2) is 0 Å². The average Bonchev–Trinajstić information content (AvgIpc) is 2.67. The second kappa shape index (κ2) is 9.15. The van der Waals surface area contributed by atoms with Crippen LogP contribution in [0, 0.1) is 6.92 Å². The van der Waals surface area contributed by atoms with Crippen LogP contribution in [0.15, 0.2) is 55.1 Å². The predicted octanol–water partition coefficient (Wildman–Crippen LogP) is 3.22. The predicted molar refractivity (Wildman–Crippen MR) is 110 cm³/mol. The van der Waals surface area contributed by atoms with Gasteiger partial charge >= 0.3 is 0 Å². The third-order valence-corrected chi connectivity index (χ3v) is 4.41. The highest BCUT2D eigenvalue weighted by Gasteiger charge is 2.18. The molecule has 0 atom stereocenters. The lowest BCUT2D eigenvalue weighted by Gasteiger charge is -2.35. The number of aryl methyl sites for hydroxylation is 1. The van der Waals surface area contributed by atoms with Crippen LogP contribution in [0.1, 0.15) is 11.3 Å². The van der Waals surface area contributed by atoms with E-state index < -0.39 is 0 Å². The van der Waals surface area contributed by atoms with Crippen molar-refractivity contribution in [2.45, 2.75) is 6.92 Å². The first kappa shape index (κ1) is 18.1. The first-order valence-corrected chi connectivity index (χ1v) is 9.14. The molecule has 0 saturated carbocycles. The van der Waals surface area contributed by atoms with Crippen molar-refractivity contribution >= 4 is 17.8 Å². The van der Waals surface area contributed by atoms with Gasteiger partial charge in [0.05, 0.1) is 0 Å². The molecular weight excluding hydrogens is 322 g/mol. The Labute approximate surface area is 156 Å². The summed E-state index contributed by atoms with van der Waals surface area (Å²) in [5.41, 5.74) is 2.23. The minimum atomic E-state index is 0.671. The standard InChI is InChI=1S/C21H27N5/c1-3-11-22-21-23-18(2)17-20(24-21)26-15-13-25(14-16-26)12-7-10-19-8-5-4-6-9-19/h3-10,17H,1,11-16H2,2H3,(H,22,23,24)/b10-7+. The zero-order valence-electron chi connectivity index (χ0n) is 15.4. The van der Waals surface area contributed by atoms with Crippen molar-refractivity contribution in [3.8, 4) is 0 Å². The van der Waals surface area contributed by atoms with E-state index >= 15 is 0 Å². The minimum absolute atomic E-state index is 0.671. The molecule has 1 aliphatic heterocycles. The fourth-order valence-electron chi connectivity index (χ4n) is 3.02. The first-order chi connectivity index (χ1) is 12.7. The lowest BCUT2D eigenvalue weighted by atomic mass is 10.2. The molecule has 1 fully saturated rings. The van der Waals surface area contributed by atoms with E-state index in [1.807, 2.05) is 19.1 Å². The van der Waals surface area contributed by atoms with E-state index in [9.17, 15) is 0 Å². The second-order valence-corrected chi connectivity index (χ2v) is 6.46. The Hall–Kier alpha value is -2.66. The Morgan fingerprint density at radius 1 is 1.12 bits per heavy atom. The monoisotopic (exact) mass is 349 g/mol. The second-order valence-electron chi connectivity index (χ2n) is 6.46. The van der Waals surface area contributed by atoms with Crippen LogP contribution in [0.2, 0.25) is 0 Å². The van der Waals surface area contributed by atoms with E-state index in [1.54, 1.807) is 0 Å². The molecular formula is C21H27N5. The molecule has 5 nitrogen and oxygen atoms in total. The van der Waals surface area contributed by atoms with Gasteiger partial charge in [-0.3, -0.25) is 4.90 Å². The molecule has 5 heteroatoms. The first-order valence-electron chi connectivity index (χ1n) is 9.14. The van der Waals surface area contributed by atoms with Crippen molar-refractivity contribution in [3.63, 3.8) is 0 Å². The molecule has 1 saturated heterocycles. The number of anilines is 2. The fourth-order valence-corrected chi connectivity index (χ4v) is 3.02. The molecule has 26 heavy (non-hydrogen) atoms. The summed E-state index contributed by atoms with van der Waals surface area (Å²) < 4.78 is 0. The van der Waals surface area contributed by atoms with E-state index in [2.05, 4.69) is 74.1 Å². The van der Waals surface area contributed by atoms with Crippen LogP contribution in [0.25, 0.3) is 6.08 Å². The van der Waals surface area contributed by atoms with E-state index in [-0.39, 0.29) is 0 Å². The zero-order valence-corrected chi connectivity index (χ0v) is 15.4. The van der Waals surface area contributed by atoms with Crippen molar-refractivity contribution in [3.05, 3.63) is 66.4 Å². The van der Waals surface area contributed by atoms with Crippen LogP contribution in [0.4, 0.5) is 11.8 Å². The summed E-state index contributed by atoms with van der Waals surface area (Å²) >= 11 is 0. The van der Waals surface area contributed by atoms with Crippen LogP contribution in [-0.4, -0.2) is 54.1 Å². The number of nitrogens with one attached hydrogen (secondary N) is 1. The molecule has 1 N–H and O–H groups in total. The number of rotatable bonds is 7. The zero-order chi connectivity index (χ0) is 18.2. The van der Waals surface area contributed by atoms with Crippen LogP contribution < -0.4 is 10.2 Å². The Morgan fingerprint density at radius 3 is 2.62 bits per heavy atom. The van der Waals surface area contributed by atoms with E-state index in [0.29, 0.717) is 12.5 Å². The maximum absolute atomic E-state index is 4.65. The van der Waals surface area contributed by atoms with Gasteiger partial charge in [-0.25, -0.2) is 4.98 Å². The molecule has 136 valence electrons. The molecule has 2 heterocycles. The SMILES string of the molecule is C=CCNc1nc(C)cc(N2CCN(C/C=C/c3ccccc3)CC2)n1. The molecule has 2 aromatic rings. The molecule has 0 spiro atoms.